The lowest BCUT2D eigenvalue weighted by Crippen LogP contribution is -2.39. The number of carbonyl (C=O) groups excluding carboxylic acids is 1. The number of hydrogen-bond acceptors (Lipinski definition) is 4. The van der Waals surface area contributed by atoms with E-state index in [1.54, 1.807) is 0 Å². The first-order valence-electron chi connectivity index (χ1n) is 7.55. The molecule has 2 heterocycles. The Labute approximate surface area is 124 Å². The third kappa shape index (κ3) is 2.74. The van der Waals surface area contributed by atoms with Crippen LogP contribution in [0.1, 0.15) is 29.5 Å². The number of aryl methyl sites for hydroxylation is 1. The molecule has 0 amide bonds. The van der Waals surface area contributed by atoms with E-state index in [0.29, 0.717) is 19.0 Å². The first-order chi connectivity index (χ1) is 10.2. The van der Waals surface area contributed by atoms with Gasteiger partial charge < -0.3 is 14.5 Å². The van der Waals surface area contributed by atoms with E-state index >= 15 is 0 Å². The Morgan fingerprint density at radius 1 is 1.38 bits per heavy atom. The highest BCUT2D eigenvalue weighted by molar-refractivity contribution is 6.00. The number of benzene rings is 1. The summed E-state index contributed by atoms with van der Waals surface area (Å²) in [6.45, 7) is 6.06. The van der Waals surface area contributed by atoms with E-state index in [0.717, 1.165) is 29.5 Å². The van der Waals surface area contributed by atoms with Crippen molar-refractivity contribution in [3.63, 3.8) is 0 Å². The molecular weight excluding hydrogens is 266 g/mol. The van der Waals surface area contributed by atoms with Crippen LogP contribution in [0.4, 0.5) is 0 Å². The highest BCUT2D eigenvalue weighted by Gasteiger charge is 2.35. The average molecular weight is 287 g/mol. The summed E-state index contributed by atoms with van der Waals surface area (Å²) in [4.78, 5) is 12.7. The standard InChI is InChI=1S/C17H21NO3/c1-3-7-18-14-10-20-9-13(14)16(19)15-8-12-6-4-5-11(2)17(12)21-15/h4-6,8,13-14,18H,3,7,9-10H2,1-2H3. The highest BCUT2D eigenvalue weighted by atomic mass is 16.5. The third-order valence-electron chi connectivity index (χ3n) is 4.06. The fourth-order valence-corrected chi connectivity index (χ4v) is 2.86. The fraction of sp³-hybridized carbons (Fsp3) is 0.471. The Balaban J connectivity index is 1.84. The molecule has 1 aliphatic heterocycles. The summed E-state index contributed by atoms with van der Waals surface area (Å²) in [7, 11) is 0. The number of Topliss-reactive ketones (excluding diaryl/α,β-unsaturated/α-hetero) is 1. The SMILES string of the molecule is CCCNC1COCC1C(=O)c1cc2cccc(C)c2o1. The lowest BCUT2D eigenvalue weighted by molar-refractivity contribution is 0.0865. The van der Waals surface area contributed by atoms with Crippen LogP contribution in [-0.2, 0) is 4.74 Å². The van der Waals surface area contributed by atoms with Crippen molar-refractivity contribution in [2.24, 2.45) is 5.92 Å². The summed E-state index contributed by atoms with van der Waals surface area (Å²) < 4.78 is 11.3. The van der Waals surface area contributed by atoms with Crippen molar-refractivity contribution >= 4 is 16.8 Å². The number of carbonyl (C=O) groups is 1. The number of fused-ring (bicyclic) bond motifs is 1. The van der Waals surface area contributed by atoms with Crippen LogP contribution in [-0.4, -0.2) is 31.6 Å². The number of ketones is 1. The lowest BCUT2D eigenvalue weighted by atomic mass is 9.96. The van der Waals surface area contributed by atoms with Crippen LogP contribution in [0.15, 0.2) is 28.7 Å². The van der Waals surface area contributed by atoms with Crippen LogP contribution in [0.3, 0.4) is 0 Å². The molecule has 112 valence electrons. The van der Waals surface area contributed by atoms with Gasteiger partial charge in [0.05, 0.1) is 19.1 Å². The van der Waals surface area contributed by atoms with Gasteiger partial charge in [-0.2, -0.15) is 0 Å². The quantitative estimate of drug-likeness (QED) is 0.859. The number of hydrogen-bond donors (Lipinski definition) is 1. The zero-order valence-electron chi connectivity index (χ0n) is 12.5. The summed E-state index contributed by atoms with van der Waals surface area (Å²) in [6, 6.07) is 7.88. The van der Waals surface area contributed by atoms with Crippen LogP contribution in [0, 0.1) is 12.8 Å². The smallest absolute Gasteiger partial charge is 0.205 e. The van der Waals surface area contributed by atoms with Crippen molar-refractivity contribution in [2.45, 2.75) is 26.3 Å². The minimum Gasteiger partial charge on any atom is -0.453 e. The fourth-order valence-electron chi connectivity index (χ4n) is 2.86. The van der Waals surface area contributed by atoms with Crippen LogP contribution in [0.5, 0.6) is 0 Å². The zero-order chi connectivity index (χ0) is 14.8. The number of rotatable bonds is 5. The van der Waals surface area contributed by atoms with Gasteiger partial charge in [-0.25, -0.2) is 0 Å². The molecule has 0 radical (unpaired) electrons. The second-order valence-electron chi connectivity index (χ2n) is 5.67. The summed E-state index contributed by atoms with van der Waals surface area (Å²) in [5.74, 6) is 0.326. The van der Waals surface area contributed by atoms with E-state index in [-0.39, 0.29) is 17.7 Å². The van der Waals surface area contributed by atoms with E-state index < -0.39 is 0 Å². The molecule has 2 unspecified atom stereocenters. The molecule has 3 rings (SSSR count). The van der Waals surface area contributed by atoms with Crippen molar-refractivity contribution < 1.29 is 13.9 Å². The average Bonchev–Trinajstić information content (AvgIpc) is 3.11. The molecule has 1 N–H and O–H groups in total. The molecule has 1 fully saturated rings. The van der Waals surface area contributed by atoms with Gasteiger partial charge in [0.1, 0.15) is 5.58 Å². The second-order valence-corrected chi connectivity index (χ2v) is 5.67. The van der Waals surface area contributed by atoms with Gasteiger partial charge in [-0.15, -0.1) is 0 Å². The van der Waals surface area contributed by atoms with Crippen molar-refractivity contribution in [3.8, 4) is 0 Å². The maximum absolute atomic E-state index is 12.7. The predicted octanol–water partition coefficient (Wildman–Crippen LogP) is 2.94. The summed E-state index contributed by atoms with van der Waals surface area (Å²) in [5, 5.41) is 4.37. The van der Waals surface area contributed by atoms with E-state index in [4.69, 9.17) is 9.15 Å². The van der Waals surface area contributed by atoms with Gasteiger partial charge in [-0.3, -0.25) is 4.79 Å². The van der Waals surface area contributed by atoms with Crippen molar-refractivity contribution in [1.29, 1.82) is 0 Å². The molecule has 2 atom stereocenters. The third-order valence-corrected chi connectivity index (χ3v) is 4.06. The number of nitrogens with one attached hydrogen (secondary N) is 1. The van der Waals surface area contributed by atoms with E-state index in [2.05, 4.69) is 12.2 Å². The topological polar surface area (TPSA) is 51.5 Å². The van der Waals surface area contributed by atoms with Crippen LogP contribution < -0.4 is 5.32 Å². The largest absolute Gasteiger partial charge is 0.453 e. The van der Waals surface area contributed by atoms with Crippen LogP contribution in [0.2, 0.25) is 0 Å². The molecule has 21 heavy (non-hydrogen) atoms. The Hall–Kier alpha value is -1.65. The molecule has 0 saturated carbocycles. The van der Waals surface area contributed by atoms with E-state index in [9.17, 15) is 4.79 Å². The van der Waals surface area contributed by atoms with Gasteiger partial charge in [0, 0.05) is 11.4 Å². The Morgan fingerprint density at radius 2 is 2.24 bits per heavy atom. The van der Waals surface area contributed by atoms with Crippen LogP contribution >= 0.6 is 0 Å². The highest BCUT2D eigenvalue weighted by Crippen LogP contribution is 2.26. The molecule has 0 bridgehead atoms. The molecular formula is C17H21NO3. The summed E-state index contributed by atoms with van der Waals surface area (Å²) in [5.41, 5.74) is 1.85. The van der Waals surface area contributed by atoms with Gasteiger partial charge in [-0.1, -0.05) is 25.1 Å². The molecule has 1 aromatic carbocycles. The molecule has 1 aliphatic rings. The van der Waals surface area contributed by atoms with Gasteiger partial charge in [0.2, 0.25) is 5.78 Å². The Bertz CT molecular complexity index is 647. The first-order valence-corrected chi connectivity index (χ1v) is 7.55. The van der Waals surface area contributed by atoms with Crippen molar-refractivity contribution in [3.05, 3.63) is 35.6 Å². The van der Waals surface area contributed by atoms with E-state index in [1.807, 2.05) is 31.2 Å². The van der Waals surface area contributed by atoms with Gasteiger partial charge >= 0.3 is 0 Å². The van der Waals surface area contributed by atoms with E-state index in [1.165, 1.54) is 0 Å². The predicted molar refractivity (Wildman–Crippen MR) is 81.7 cm³/mol. The number of furan rings is 1. The van der Waals surface area contributed by atoms with Crippen molar-refractivity contribution in [1.82, 2.24) is 5.32 Å². The molecule has 2 aromatic rings. The lowest BCUT2D eigenvalue weighted by Gasteiger charge is -2.16. The molecule has 4 nitrogen and oxygen atoms in total. The first kappa shape index (κ1) is 14.3. The second kappa shape index (κ2) is 6.00. The van der Waals surface area contributed by atoms with Gasteiger partial charge in [0.15, 0.2) is 5.76 Å². The minimum absolute atomic E-state index is 0.0386. The summed E-state index contributed by atoms with van der Waals surface area (Å²) in [6.07, 6.45) is 1.04. The molecule has 0 spiro atoms. The monoisotopic (exact) mass is 287 g/mol. The van der Waals surface area contributed by atoms with Gasteiger partial charge in [0.25, 0.3) is 0 Å². The number of para-hydroxylation sites is 1. The normalized spacial score (nSPS) is 22.0. The Morgan fingerprint density at radius 3 is 3.00 bits per heavy atom. The van der Waals surface area contributed by atoms with Gasteiger partial charge in [-0.05, 0) is 31.5 Å². The maximum Gasteiger partial charge on any atom is 0.205 e. The molecule has 1 saturated heterocycles. The molecule has 4 heteroatoms. The minimum atomic E-state index is -0.155. The number of ether oxygens (including phenoxy) is 1. The van der Waals surface area contributed by atoms with Crippen molar-refractivity contribution in [2.75, 3.05) is 19.8 Å². The molecule has 0 aliphatic carbocycles. The zero-order valence-corrected chi connectivity index (χ0v) is 12.5. The summed E-state index contributed by atoms with van der Waals surface area (Å²) >= 11 is 0. The maximum atomic E-state index is 12.7. The van der Waals surface area contributed by atoms with Crippen LogP contribution in [0.25, 0.3) is 11.0 Å². The Kier molecular flexibility index (Phi) is 4.08. The molecule has 1 aromatic heterocycles.